The maximum Gasteiger partial charge on any atom is 0.321 e. The summed E-state index contributed by atoms with van der Waals surface area (Å²) in [7, 11) is 0. The van der Waals surface area contributed by atoms with Gasteiger partial charge >= 0.3 is 12.0 Å². The second-order valence-corrected chi connectivity index (χ2v) is 7.74. The number of hydrogen-bond acceptors (Lipinski definition) is 6. The number of hydrogen-bond donors (Lipinski definition) is 5. The van der Waals surface area contributed by atoms with E-state index in [9.17, 15) is 19.2 Å². The lowest BCUT2D eigenvalue weighted by atomic mass is 9.73. The molecule has 198 valence electrons. The van der Waals surface area contributed by atoms with E-state index in [1.54, 1.807) is 31.2 Å². The first kappa shape index (κ1) is 31.9. The van der Waals surface area contributed by atoms with E-state index in [4.69, 9.17) is 15.6 Å². The lowest BCUT2D eigenvalue weighted by Crippen LogP contribution is -2.50. The largest absolute Gasteiger partial charge is 0.465 e. The van der Waals surface area contributed by atoms with Crippen LogP contribution in [0.15, 0.2) is 24.3 Å². The minimum Gasteiger partial charge on any atom is -0.465 e. The Hall–Kier alpha value is -3.14. The molecule has 4 amide bonds. The van der Waals surface area contributed by atoms with Gasteiger partial charge in [-0.25, -0.2) is 4.79 Å². The Bertz CT molecular complexity index is 777. The summed E-state index contributed by atoms with van der Waals surface area (Å²) in [6, 6.07) is 6.30. The molecule has 0 unspecified atom stereocenters. The number of carbonyl (C=O) groups excluding carboxylic acids is 4. The van der Waals surface area contributed by atoms with Crippen molar-refractivity contribution >= 4 is 29.5 Å². The standard InChI is InChI=1S/C19H26N2O5.C4H10N2O.C2H6/c1-2-26-18(25)19(10-4-3-5-11-19)17(24)20-12-16(23)21-15-8-6-14(13-22)7-9-15;1-2-3-6-4(5)7;1-2/h6-9,22H,2-5,10-13H2,1H3,(H,20,24)(H,21,23);2-3H2,1H3,(H3,5,6,7);1-2H3. The average molecular weight is 495 g/mol. The maximum absolute atomic E-state index is 12.7. The van der Waals surface area contributed by atoms with Crippen LogP contribution in [0.4, 0.5) is 10.5 Å². The molecule has 6 N–H and O–H groups in total. The Kier molecular flexibility index (Phi) is 16.6. The normalized spacial score (nSPS) is 13.5. The third-order valence-corrected chi connectivity index (χ3v) is 5.19. The van der Waals surface area contributed by atoms with Gasteiger partial charge in [0.2, 0.25) is 11.8 Å². The molecule has 1 aliphatic rings. The zero-order chi connectivity index (χ0) is 26.7. The summed E-state index contributed by atoms with van der Waals surface area (Å²) >= 11 is 0. The van der Waals surface area contributed by atoms with Crippen molar-refractivity contribution in [2.75, 3.05) is 25.0 Å². The molecule has 1 aromatic rings. The summed E-state index contributed by atoms with van der Waals surface area (Å²) in [5, 5.41) is 16.7. The Morgan fingerprint density at radius 1 is 1.00 bits per heavy atom. The Balaban J connectivity index is 0.00000110. The number of carbonyl (C=O) groups is 4. The van der Waals surface area contributed by atoms with Crippen molar-refractivity contribution in [3.63, 3.8) is 0 Å². The van der Waals surface area contributed by atoms with Gasteiger partial charge in [-0.2, -0.15) is 0 Å². The molecule has 0 spiro atoms. The van der Waals surface area contributed by atoms with Crippen LogP contribution in [0.2, 0.25) is 0 Å². The van der Waals surface area contributed by atoms with Crippen LogP contribution in [0.25, 0.3) is 0 Å². The third kappa shape index (κ3) is 11.7. The molecule has 0 aliphatic heterocycles. The number of nitrogens with two attached hydrogens (primary N) is 1. The predicted molar refractivity (Wildman–Crippen MR) is 135 cm³/mol. The molecule has 0 atom stereocenters. The number of anilines is 1. The topological polar surface area (TPSA) is 160 Å². The summed E-state index contributed by atoms with van der Waals surface area (Å²) in [5.41, 5.74) is 4.85. The highest BCUT2D eigenvalue weighted by atomic mass is 16.5. The van der Waals surface area contributed by atoms with Crippen LogP contribution in [0, 0.1) is 5.41 Å². The molecule has 0 saturated heterocycles. The van der Waals surface area contributed by atoms with Crippen LogP contribution in [-0.2, 0) is 25.7 Å². The van der Waals surface area contributed by atoms with Crippen LogP contribution in [0.1, 0.15) is 71.8 Å². The number of nitrogens with one attached hydrogen (secondary N) is 3. The van der Waals surface area contributed by atoms with Gasteiger partial charge in [0, 0.05) is 12.2 Å². The van der Waals surface area contributed by atoms with Gasteiger partial charge in [-0.3, -0.25) is 14.4 Å². The minimum absolute atomic E-state index is 0.0692. The van der Waals surface area contributed by atoms with Crippen molar-refractivity contribution < 1.29 is 29.0 Å². The number of primary amides is 1. The summed E-state index contributed by atoms with van der Waals surface area (Å²) in [4.78, 5) is 46.9. The molecule has 0 bridgehead atoms. The van der Waals surface area contributed by atoms with E-state index in [-0.39, 0.29) is 25.7 Å². The molecular formula is C25H42N4O6. The zero-order valence-corrected chi connectivity index (χ0v) is 21.4. The summed E-state index contributed by atoms with van der Waals surface area (Å²) < 4.78 is 5.11. The highest BCUT2D eigenvalue weighted by Crippen LogP contribution is 2.37. The molecule has 1 fully saturated rings. The number of esters is 1. The monoisotopic (exact) mass is 494 g/mol. The molecule has 0 heterocycles. The Labute approximate surface area is 208 Å². The van der Waals surface area contributed by atoms with Crippen molar-refractivity contribution in [3.8, 4) is 0 Å². The van der Waals surface area contributed by atoms with E-state index < -0.39 is 23.3 Å². The highest BCUT2D eigenvalue weighted by molar-refractivity contribution is 6.04. The van der Waals surface area contributed by atoms with Crippen molar-refractivity contribution in [1.82, 2.24) is 10.6 Å². The van der Waals surface area contributed by atoms with Gasteiger partial charge in [0.15, 0.2) is 0 Å². The van der Waals surface area contributed by atoms with Gasteiger partial charge in [-0.05, 0) is 43.9 Å². The lowest BCUT2D eigenvalue weighted by Gasteiger charge is -2.33. The predicted octanol–water partition coefficient (Wildman–Crippen LogP) is 2.84. The quantitative estimate of drug-likeness (QED) is 0.262. The average Bonchev–Trinajstić information content (AvgIpc) is 2.88. The summed E-state index contributed by atoms with van der Waals surface area (Å²) in [6.45, 7) is 8.28. The van der Waals surface area contributed by atoms with Crippen LogP contribution in [-0.4, -0.2) is 48.6 Å². The highest BCUT2D eigenvalue weighted by Gasteiger charge is 2.47. The van der Waals surface area contributed by atoms with E-state index >= 15 is 0 Å². The van der Waals surface area contributed by atoms with Crippen LogP contribution in [0.5, 0.6) is 0 Å². The molecule has 10 heteroatoms. The van der Waals surface area contributed by atoms with Gasteiger partial charge < -0.3 is 31.5 Å². The first-order valence-corrected chi connectivity index (χ1v) is 12.3. The fraction of sp³-hybridized carbons (Fsp3) is 0.600. The molecule has 10 nitrogen and oxygen atoms in total. The van der Waals surface area contributed by atoms with Gasteiger partial charge in [-0.15, -0.1) is 0 Å². The van der Waals surface area contributed by atoms with E-state index in [1.807, 2.05) is 20.8 Å². The van der Waals surface area contributed by atoms with E-state index in [1.165, 1.54) is 0 Å². The van der Waals surface area contributed by atoms with Crippen molar-refractivity contribution in [2.24, 2.45) is 11.1 Å². The second kappa shape index (κ2) is 18.2. The van der Waals surface area contributed by atoms with Crippen molar-refractivity contribution in [2.45, 2.75) is 72.8 Å². The minimum atomic E-state index is -1.18. The second-order valence-electron chi connectivity index (χ2n) is 7.74. The smallest absolute Gasteiger partial charge is 0.321 e. The van der Waals surface area contributed by atoms with Crippen molar-refractivity contribution in [3.05, 3.63) is 29.8 Å². The number of amides is 4. The summed E-state index contributed by atoms with van der Waals surface area (Å²) in [6.07, 6.45) is 4.39. The maximum atomic E-state index is 12.7. The van der Waals surface area contributed by atoms with Crippen LogP contribution < -0.4 is 21.7 Å². The van der Waals surface area contributed by atoms with Gasteiger partial charge in [-0.1, -0.05) is 52.2 Å². The molecular weight excluding hydrogens is 452 g/mol. The molecule has 1 aliphatic carbocycles. The van der Waals surface area contributed by atoms with Gasteiger partial charge in [0.25, 0.3) is 0 Å². The molecule has 35 heavy (non-hydrogen) atoms. The Morgan fingerprint density at radius 3 is 2.06 bits per heavy atom. The first-order chi connectivity index (χ1) is 16.8. The van der Waals surface area contributed by atoms with E-state index in [0.29, 0.717) is 25.1 Å². The molecule has 2 rings (SSSR count). The Morgan fingerprint density at radius 2 is 1.60 bits per heavy atom. The SMILES string of the molecule is CC.CCCNC(N)=O.CCOC(=O)C1(C(=O)NCC(=O)Nc2ccc(CO)cc2)CCCCC1. The van der Waals surface area contributed by atoms with Crippen molar-refractivity contribution in [1.29, 1.82) is 0 Å². The molecule has 1 aromatic carbocycles. The van der Waals surface area contributed by atoms with Crippen LogP contribution >= 0.6 is 0 Å². The van der Waals surface area contributed by atoms with Gasteiger partial charge in [0.1, 0.15) is 5.41 Å². The third-order valence-electron chi connectivity index (χ3n) is 5.19. The number of aliphatic hydroxyl groups excluding tert-OH is 1. The fourth-order valence-corrected chi connectivity index (χ4v) is 3.43. The number of ether oxygens (including phenoxy) is 1. The number of aliphatic hydroxyl groups is 1. The number of urea groups is 1. The molecule has 0 aromatic heterocycles. The van der Waals surface area contributed by atoms with E-state index in [2.05, 4.69) is 16.0 Å². The van der Waals surface area contributed by atoms with Gasteiger partial charge in [0.05, 0.1) is 19.8 Å². The zero-order valence-electron chi connectivity index (χ0n) is 21.4. The first-order valence-electron chi connectivity index (χ1n) is 12.3. The molecule has 1 saturated carbocycles. The van der Waals surface area contributed by atoms with E-state index in [0.717, 1.165) is 31.2 Å². The molecule has 0 radical (unpaired) electrons. The van der Waals surface area contributed by atoms with Crippen LogP contribution in [0.3, 0.4) is 0 Å². The summed E-state index contributed by atoms with van der Waals surface area (Å²) in [5.74, 6) is -1.33. The lowest BCUT2D eigenvalue weighted by molar-refractivity contribution is -0.163. The number of benzene rings is 1. The number of rotatable bonds is 9. The fourth-order valence-electron chi connectivity index (χ4n) is 3.43.